The number of anilines is 3. The monoisotopic (exact) mass is 319 g/mol. The number of amides is 2. The maximum absolute atomic E-state index is 11.9. The van der Waals surface area contributed by atoms with Crippen LogP contribution in [0.25, 0.3) is 0 Å². The first kappa shape index (κ1) is 13.4. The Morgan fingerprint density at radius 1 is 1.16 bits per heavy atom. The quantitative estimate of drug-likeness (QED) is 0.733. The van der Waals surface area contributed by atoms with E-state index in [1.54, 1.807) is 6.07 Å². The molecule has 0 spiro atoms. The molecular formula is C14H14BrN3O. The molecule has 0 unspecified atom stereocenters. The Labute approximate surface area is 120 Å². The van der Waals surface area contributed by atoms with Crippen LogP contribution < -0.4 is 16.4 Å². The fourth-order valence-corrected chi connectivity index (χ4v) is 2.33. The second kappa shape index (κ2) is 5.75. The van der Waals surface area contributed by atoms with E-state index in [-0.39, 0.29) is 6.03 Å². The summed E-state index contributed by atoms with van der Waals surface area (Å²) in [7, 11) is 0. The van der Waals surface area contributed by atoms with Gasteiger partial charge in [0, 0.05) is 10.2 Å². The Morgan fingerprint density at radius 3 is 2.47 bits per heavy atom. The van der Waals surface area contributed by atoms with Crippen LogP contribution in [0.15, 0.2) is 46.9 Å². The van der Waals surface area contributed by atoms with Crippen LogP contribution in [0.2, 0.25) is 0 Å². The highest BCUT2D eigenvalue weighted by Gasteiger charge is 2.09. The SMILES string of the molecule is Cc1cc(Br)cc(N)c1NC(=O)Nc1ccccc1. The summed E-state index contributed by atoms with van der Waals surface area (Å²) in [5.74, 6) is 0. The van der Waals surface area contributed by atoms with Gasteiger partial charge in [0.25, 0.3) is 0 Å². The Morgan fingerprint density at radius 2 is 1.84 bits per heavy atom. The molecule has 0 heterocycles. The van der Waals surface area contributed by atoms with E-state index in [0.29, 0.717) is 11.4 Å². The summed E-state index contributed by atoms with van der Waals surface area (Å²) in [6.45, 7) is 1.89. The highest BCUT2D eigenvalue weighted by molar-refractivity contribution is 9.10. The molecule has 2 aromatic carbocycles. The van der Waals surface area contributed by atoms with Gasteiger partial charge in [-0.15, -0.1) is 0 Å². The molecule has 2 aromatic rings. The highest BCUT2D eigenvalue weighted by Crippen LogP contribution is 2.27. The highest BCUT2D eigenvalue weighted by atomic mass is 79.9. The normalized spacial score (nSPS) is 10.0. The molecule has 0 saturated carbocycles. The van der Waals surface area contributed by atoms with E-state index < -0.39 is 0 Å². The van der Waals surface area contributed by atoms with Gasteiger partial charge in [-0.2, -0.15) is 0 Å². The third-order valence-corrected chi connectivity index (χ3v) is 3.06. The van der Waals surface area contributed by atoms with Gasteiger partial charge in [-0.25, -0.2) is 4.79 Å². The van der Waals surface area contributed by atoms with Gasteiger partial charge in [0.1, 0.15) is 0 Å². The maximum Gasteiger partial charge on any atom is 0.323 e. The van der Waals surface area contributed by atoms with Crippen molar-refractivity contribution in [3.63, 3.8) is 0 Å². The van der Waals surface area contributed by atoms with Crippen molar-refractivity contribution in [2.24, 2.45) is 0 Å². The van der Waals surface area contributed by atoms with Gasteiger partial charge < -0.3 is 16.4 Å². The number of aryl methyl sites for hydroxylation is 1. The van der Waals surface area contributed by atoms with Crippen molar-refractivity contribution in [2.75, 3.05) is 16.4 Å². The van der Waals surface area contributed by atoms with E-state index >= 15 is 0 Å². The summed E-state index contributed by atoms with van der Waals surface area (Å²) >= 11 is 3.36. The van der Waals surface area contributed by atoms with Gasteiger partial charge in [0.15, 0.2) is 0 Å². The Hall–Kier alpha value is -2.01. The second-order valence-corrected chi connectivity index (χ2v) is 5.05. The number of carbonyl (C=O) groups is 1. The van der Waals surface area contributed by atoms with Crippen LogP contribution in [0.4, 0.5) is 21.9 Å². The van der Waals surface area contributed by atoms with Crippen LogP contribution in [0.5, 0.6) is 0 Å². The van der Waals surface area contributed by atoms with E-state index in [1.165, 1.54) is 0 Å². The fraction of sp³-hybridized carbons (Fsp3) is 0.0714. The molecule has 5 heteroatoms. The zero-order valence-electron chi connectivity index (χ0n) is 10.4. The van der Waals surface area contributed by atoms with Gasteiger partial charge in [0.2, 0.25) is 0 Å². The number of para-hydroxylation sites is 1. The number of halogens is 1. The van der Waals surface area contributed by atoms with E-state index in [0.717, 1.165) is 15.7 Å². The van der Waals surface area contributed by atoms with Crippen LogP contribution in [-0.4, -0.2) is 6.03 Å². The lowest BCUT2D eigenvalue weighted by Gasteiger charge is -2.12. The summed E-state index contributed by atoms with van der Waals surface area (Å²) in [5.41, 5.74) is 8.66. The number of hydrogen-bond donors (Lipinski definition) is 3. The molecule has 0 atom stereocenters. The number of rotatable bonds is 2. The Balaban J connectivity index is 2.12. The molecule has 4 nitrogen and oxygen atoms in total. The summed E-state index contributed by atoms with van der Waals surface area (Å²) in [4.78, 5) is 11.9. The van der Waals surface area contributed by atoms with Gasteiger partial charge in [-0.1, -0.05) is 34.1 Å². The Kier molecular flexibility index (Phi) is 4.06. The zero-order valence-corrected chi connectivity index (χ0v) is 12.0. The molecular weight excluding hydrogens is 306 g/mol. The lowest BCUT2D eigenvalue weighted by molar-refractivity contribution is 0.262. The number of hydrogen-bond acceptors (Lipinski definition) is 2. The predicted molar refractivity (Wildman–Crippen MR) is 82.4 cm³/mol. The van der Waals surface area contributed by atoms with Crippen LogP contribution >= 0.6 is 15.9 Å². The van der Waals surface area contributed by atoms with Gasteiger partial charge in [-0.3, -0.25) is 0 Å². The van der Waals surface area contributed by atoms with Gasteiger partial charge in [0.05, 0.1) is 11.4 Å². The number of nitrogens with one attached hydrogen (secondary N) is 2. The molecule has 0 aliphatic carbocycles. The van der Waals surface area contributed by atoms with Crippen molar-refractivity contribution in [2.45, 2.75) is 6.92 Å². The van der Waals surface area contributed by atoms with E-state index in [2.05, 4.69) is 26.6 Å². The fourth-order valence-electron chi connectivity index (χ4n) is 1.74. The summed E-state index contributed by atoms with van der Waals surface area (Å²) < 4.78 is 0.886. The van der Waals surface area contributed by atoms with Crippen molar-refractivity contribution in [3.8, 4) is 0 Å². The van der Waals surface area contributed by atoms with Crippen molar-refractivity contribution < 1.29 is 4.79 Å². The first-order valence-corrected chi connectivity index (χ1v) is 6.54. The lowest BCUT2D eigenvalue weighted by atomic mass is 10.1. The average Bonchev–Trinajstić information content (AvgIpc) is 2.35. The lowest BCUT2D eigenvalue weighted by Crippen LogP contribution is -2.20. The molecule has 98 valence electrons. The van der Waals surface area contributed by atoms with Crippen molar-refractivity contribution in [1.29, 1.82) is 0 Å². The smallest absolute Gasteiger partial charge is 0.323 e. The minimum Gasteiger partial charge on any atom is -0.397 e. The van der Waals surface area contributed by atoms with Crippen LogP contribution in [0, 0.1) is 6.92 Å². The zero-order chi connectivity index (χ0) is 13.8. The minimum absolute atomic E-state index is 0.316. The third-order valence-electron chi connectivity index (χ3n) is 2.60. The summed E-state index contributed by atoms with van der Waals surface area (Å²) in [6, 6.07) is 12.6. The molecule has 0 saturated heterocycles. The largest absolute Gasteiger partial charge is 0.397 e. The Bertz CT molecular complexity index is 576. The standard InChI is InChI=1S/C14H14BrN3O/c1-9-7-10(15)8-12(16)13(9)18-14(19)17-11-5-3-2-4-6-11/h2-8H,16H2,1H3,(H2,17,18,19). The third kappa shape index (κ3) is 3.48. The van der Waals surface area contributed by atoms with Crippen LogP contribution in [0.1, 0.15) is 5.56 Å². The first-order valence-electron chi connectivity index (χ1n) is 5.75. The van der Waals surface area contributed by atoms with E-state index in [9.17, 15) is 4.79 Å². The molecule has 0 fully saturated rings. The van der Waals surface area contributed by atoms with Gasteiger partial charge >= 0.3 is 6.03 Å². The minimum atomic E-state index is -0.316. The van der Waals surface area contributed by atoms with Crippen molar-refractivity contribution >= 4 is 39.0 Å². The van der Waals surface area contributed by atoms with Crippen LogP contribution in [0.3, 0.4) is 0 Å². The first-order chi connectivity index (χ1) is 9.06. The molecule has 2 amide bonds. The number of nitrogen functional groups attached to an aromatic ring is 1. The summed E-state index contributed by atoms with van der Waals surface area (Å²) in [6.07, 6.45) is 0. The van der Waals surface area contributed by atoms with Crippen LogP contribution in [-0.2, 0) is 0 Å². The average molecular weight is 320 g/mol. The summed E-state index contributed by atoms with van der Waals surface area (Å²) in [5, 5.41) is 5.50. The molecule has 0 aromatic heterocycles. The number of benzene rings is 2. The molecule has 0 aliphatic heterocycles. The van der Waals surface area contributed by atoms with Crippen molar-refractivity contribution in [1.82, 2.24) is 0 Å². The molecule has 2 rings (SSSR count). The predicted octanol–water partition coefficient (Wildman–Crippen LogP) is 3.98. The number of urea groups is 1. The molecule has 0 aliphatic rings. The molecule has 19 heavy (non-hydrogen) atoms. The molecule has 4 N–H and O–H groups in total. The van der Waals surface area contributed by atoms with Crippen molar-refractivity contribution in [3.05, 3.63) is 52.5 Å². The topological polar surface area (TPSA) is 67.1 Å². The second-order valence-electron chi connectivity index (χ2n) is 4.13. The molecule has 0 bridgehead atoms. The molecule has 0 radical (unpaired) electrons. The number of nitrogens with two attached hydrogens (primary N) is 1. The van der Waals surface area contributed by atoms with E-state index in [1.807, 2.05) is 43.3 Å². The van der Waals surface area contributed by atoms with Gasteiger partial charge in [-0.05, 0) is 36.8 Å². The number of carbonyl (C=O) groups excluding carboxylic acids is 1. The maximum atomic E-state index is 11.9. The van der Waals surface area contributed by atoms with E-state index in [4.69, 9.17) is 5.73 Å².